The SMILES string of the molecule is CC[C@@H](C(=O)[C@@H](C)[C@@H](O)[C@H](C)[C@@H]1O[C@@H]([C@@H](CC)C(=O)O)CC[C@@H]1C)[C@H]1O[C@]2(C=C[C@@H](NC(=O)c3ccc(CCl)cc3)[C@]3(CC[C@@](C)([C@H]4CC[C@](O)(CC)[C@H](C)O4)O3)O2)[C@H](C)C[C@@H]1C. The normalized spacial score (nSPS) is 40.6. The molecular weight excluding hydrogens is 826 g/mol. The Morgan fingerprint density at radius 2 is 1.57 bits per heavy atom. The lowest BCUT2D eigenvalue weighted by atomic mass is 9.72. The van der Waals surface area contributed by atoms with E-state index in [9.17, 15) is 29.7 Å². The van der Waals surface area contributed by atoms with Crippen LogP contribution in [-0.4, -0.2) is 98.4 Å². The Hall–Kier alpha value is -2.42. The molecule has 0 saturated carbocycles. The molecule has 18 atom stereocenters. The number of halogens is 1. The van der Waals surface area contributed by atoms with E-state index in [4.69, 9.17) is 35.3 Å². The maximum atomic E-state index is 14.7. The van der Waals surface area contributed by atoms with Crippen molar-refractivity contribution in [1.82, 2.24) is 5.32 Å². The van der Waals surface area contributed by atoms with Crippen molar-refractivity contribution in [2.75, 3.05) is 0 Å². The van der Waals surface area contributed by atoms with Gasteiger partial charge in [-0.15, -0.1) is 11.6 Å². The van der Waals surface area contributed by atoms with Crippen molar-refractivity contribution in [3.05, 3.63) is 47.5 Å². The summed E-state index contributed by atoms with van der Waals surface area (Å²) in [5, 5.41) is 36.2. The molecule has 1 amide bonds. The van der Waals surface area contributed by atoms with Crippen molar-refractivity contribution in [3.8, 4) is 0 Å². The number of aliphatic hydroxyl groups excluding tert-OH is 1. The number of alkyl halides is 1. The second kappa shape index (κ2) is 19.8. The summed E-state index contributed by atoms with van der Waals surface area (Å²) in [4.78, 5) is 40.7. The molecule has 4 saturated heterocycles. The van der Waals surface area contributed by atoms with E-state index >= 15 is 0 Å². The third-order valence-corrected chi connectivity index (χ3v) is 16.4. The predicted octanol–water partition coefficient (Wildman–Crippen LogP) is 8.36. The molecule has 5 aliphatic heterocycles. The Bertz CT molecular complexity index is 1790. The largest absolute Gasteiger partial charge is 0.481 e. The maximum absolute atomic E-state index is 14.7. The van der Waals surface area contributed by atoms with Gasteiger partial charge in [0.25, 0.3) is 5.91 Å². The Kier molecular flexibility index (Phi) is 15.7. The molecule has 1 aromatic carbocycles. The number of benzene rings is 1. The number of carbonyl (C=O) groups is 3. The fourth-order valence-corrected chi connectivity index (χ4v) is 11.8. The number of ether oxygens (including phenoxy) is 5. The highest BCUT2D eigenvalue weighted by atomic mass is 35.5. The molecule has 0 radical (unpaired) electrons. The monoisotopic (exact) mass is 902 g/mol. The first-order valence-electron chi connectivity index (χ1n) is 23.9. The quantitative estimate of drug-likeness (QED) is 0.0986. The molecule has 5 heterocycles. The molecule has 12 nitrogen and oxygen atoms in total. The van der Waals surface area contributed by atoms with E-state index in [0.717, 1.165) is 12.0 Å². The highest BCUT2D eigenvalue weighted by Gasteiger charge is 2.63. The van der Waals surface area contributed by atoms with Crippen molar-refractivity contribution in [1.29, 1.82) is 0 Å². The minimum absolute atomic E-state index is 0.0312. The van der Waals surface area contributed by atoms with Crippen LogP contribution >= 0.6 is 11.6 Å². The van der Waals surface area contributed by atoms with E-state index in [2.05, 4.69) is 26.1 Å². The van der Waals surface area contributed by atoms with E-state index in [0.29, 0.717) is 69.2 Å². The molecule has 6 rings (SSSR count). The maximum Gasteiger partial charge on any atom is 0.309 e. The van der Waals surface area contributed by atoms with Crippen LogP contribution in [0.2, 0.25) is 0 Å². The average molecular weight is 903 g/mol. The number of aliphatic hydroxyl groups is 2. The second-order valence-corrected chi connectivity index (χ2v) is 20.5. The number of carboxylic acid groups (broad SMARTS) is 1. The van der Waals surface area contributed by atoms with Crippen LogP contribution in [0, 0.1) is 41.4 Å². The van der Waals surface area contributed by atoms with Crippen molar-refractivity contribution in [2.45, 2.75) is 205 Å². The summed E-state index contributed by atoms with van der Waals surface area (Å²) in [5.74, 6) is -6.08. The van der Waals surface area contributed by atoms with Crippen LogP contribution in [0.25, 0.3) is 0 Å². The number of ketones is 1. The number of aliphatic carboxylic acids is 1. The number of carbonyl (C=O) groups excluding carboxylic acids is 2. The van der Waals surface area contributed by atoms with Crippen LogP contribution in [0.15, 0.2) is 36.4 Å². The van der Waals surface area contributed by atoms with Crippen LogP contribution < -0.4 is 5.32 Å². The van der Waals surface area contributed by atoms with Crippen LogP contribution in [0.5, 0.6) is 0 Å². The second-order valence-electron chi connectivity index (χ2n) is 20.3. The van der Waals surface area contributed by atoms with Gasteiger partial charge in [0.2, 0.25) is 0 Å². The number of carboxylic acids is 1. The minimum atomic E-state index is -1.36. The summed E-state index contributed by atoms with van der Waals surface area (Å²) in [7, 11) is 0. The molecule has 0 aliphatic carbocycles. The number of amides is 1. The molecule has 0 aromatic heterocycles. The Labute approximate surface area is 380 Å². The zero-order valence-electron chi connectivity index (χ0n) is 39.3. The van der Waals surface area contributed by atoms with Gasteiger partial charge in [-0.3, -0.25) is 14.4 Å². The lowest BCUT2D eigenvalue weighted by Gasteiger charge is -2.55. The molecule has 0 bridgehead atoms. The number of hydrogen-bond acceptors (Lipinski definition) is 10. The molecular formula is C50H76ClNO11. The Morgan fingerprint density at radius 3 is 2.17 bits per heavy atom. The molecule has 0 unspecified atom stereocenters. The van der Waals surface area contributed by atoms with Crippen molar-refractivity contribution >= 4 is 29.3 Å². The standard InChI is InChI=1S/C50H76ClNO11/c1-11-36(46(56)57)38-19-14-28(4)43(60-38)32(8)41(53)31(7)42(54)37(12-2)44-29(5)26-30(6)49(61-44)23-20-39(52-45(55)35-17-15-34(27-51)16-18-35)50(63-49)25-24-47(10,62-50)40-21-22-48(58,13-3)33(9)59-40/h15-18,20,23,28-33,36-41,43-44,53,58H,11-14,19,21-22,24-27H2,1-10H3,(H,52,55)(H,56,57)/t28-,29-,30+,31-,32-,33-,36+,37-,38+,39+,40+,41+,43+,44-,47-,48+,49-,50-/m0/s1. The lowest BCUT2D eigenvalue weighted by Crippen LogP contribution is -2.65. The minimum Gasteiger partial charge on any atom is -0.481 e. The summed E-state index contributed by atoms with van der Waals surface area (Å²) < 4.78 is 34.7. The summed E-state index contributed by atoms with van der Waals surface area (Å²) in [6.45, 7) is 19.6. The van der Waals surface area contributed by atoms with Gasteiger partial charge in [0, 0.05) is 41.5 Å². The van der Waals surface area contributed by atoms with E-state index in [1.807, 2.05) is 65.8 Å². The number of rotatable bonds is 15. The lowest BCUT2D eigenvalue weighted by molar-refractivity contribution is -0.397. The van der Waals surface area contributed by atoms with Gasteiger partial charge in [-0.1, -0.05) is 73.6 Å². The van der Waals surface area contributed by atoms with Crippen LogP contribution in [-0.2, 0) is 39.2 Å². The van der Waals surface area contributed by atoms with Gasteiger partial charge < -0.3 is 44.3 Å². The summed E-state index contributed by atoms with van der Waals surface area (Å²) in [5.41, 5.74) is -0.371. The van der Waals surface area contributed by atoms with Crippen molar-refractivity contribution in [3.63, 3.8) is 0 Å². The predicted molar refractivity (Wildman–Crippen MR) is 240 cm³/mol. The van der Waals surface area contributed by atoms with E-state index in [1.54, 1.807) is 19.1 Å². The van der Waals surface area contributed by atoms with Crippen molar-refractivity contribution in [2.24, 2.45) is 41.4 Å². The molecule has 354 valence electrons. The van der Waals surface area contributed by atoms with Gasteiger partial charge in [-0.25, -0.2) is 0 Å². The van der Waals surface area contributed by atoms with E-state index in [-0.39, 0.29) is 35.5 Å². The fourth-order valence-electron chi connectivity index (χ4n) is 11.6. The van der Waals surface area contributed by atoms with Crippen LogP contribution in [0.1, 0.15) is 149 Å². The first kappa shape index (κ1) is 50.0. The number of hydrogen-bond donors (Lipinski definition) is 4. The highest BCUT2D eigenvalue weighted by molar-refractivity contribution is 6.17. The topological polar surface area (TPSA) is 170 Å². The van der Waals surface area contributed by atoms with Crippen molar-refractivity contribution < 1.29 is 53.4 Å². The van der Waals surface area contributed by atoms with Gasteiger partial charge in [0.15, 0.2) is 11.6 Å². The van der Waals surface area contributed by atoms with E-state index in [1.165, 1.54) is 0 Å². The average Bonchev–Trinajstić information content (AvgIpc) is 3.61. The summed E-state index contributed by atoms with van der Waals surface area (Å²) in [6, 6.07) is 6.45. The van der Waals surface area contributed by atoms with E-state index < -0.39 is 89.0 Å². The van der Waals surface area contributed by atoms with Crippen LogP contribution in [0.4, 0.5) is 0 Å². The number of Topliss-reactive ketones (excluding diaryl/α,β-unsaturated/α-hetero) is 1. The molecule has 1 aromatic rings. The number of nitrogens with one attached hydrogen (secondary N) is 1. The summed E-state index contributed by atoms with van der Waals surface area (Å²) in [6.07, 6.45) is 6.39. The molecule has 5 aliphatic rings. The highest BCUT2D eigenvalue weighted by Crippen LogP contribution is 2.54. The molecule has 13 heteroatoms. The smallest absolute Gasteiger partial charge is 0.309 e. The Balaban J connectivity index is 1.26. The van der Waals surface area contributed by atoms with Gasteiger partial charge in [0.05, 0.1) is 53.7 Å². The summed E-state index contributed by atoms with van der Waals surface area (Å²) >= 11 is 6.04. The van der Waals surface area contributed by atoms with Gasteiger partial charge in [-0.2, -0.15) is 0 Å². The third kappa shape index (κ3) is 9.85. The zero-order chi connectivity index (χ0) is 46.2. The first-order valence-corrected chi connectivity index (χ1v) is 24.4. The Morgan fingerprint density at radius 1 is 0.889 bits per heavy atom. The molecule has 2 spiro atoms. The van der Waals surface area contributed by atoms with Crippen LogP contribution in [0.3, 0.4) is 0 Å². The van der Waals surface area contributed by atoms with Gasteiger partial charge in [-0.05, 0) is 107 Å². The zero-order valence-corrected chi connectivity index (χ0v) is 40.1. The fraction of sp³-hybridized carbons (Fsp3) is 0.780. The van der Waals surface area contributed by atoms with Gasteiger partial charge >= 0.3 is 5.97 Å². The molecule has 4 N–H and O–H groups in total. The third-order valence-electron chi connectivity index (χ3n) is 16.1. The molecule has 63 heavy (non-hydrogen) atoms. The first-order chi connectivity index (χ1) is 29.7. The van der Waals surface area contributed by atoms with Gasteiger partial charge in [0.1, 0.15) is 11.8 Å². The molecule has 4 fully saturated rings.